The Morgan fingerprint density at radius 3 is 2.73 bits per heavy atom. The van der Waals surface area contributed by atoms with Crippen LogP contribution < -0.4 is 5.32 Å². The van der Waals surface area contributed by atoms with E-state index in [2.05, 4.69) is 5.32 Å². The maximum absolute atomic E-state index is 11.9. The van der Waals surface area contributed by atoms with E-state index in [9.17, 15) is 18.0 Å². The summed E-state index contributed by atoms with van der Waals surface area (Å²) in [5.74, 6) is 1.06. The summed E-state index contributed by atoms with van der Waals surface area (Å²) >= 11 is 1.57. The van der Waals surface area contributed by atoms with Crippen LogP contribution in [0.25, 0.3) is 0 Å². The van der Waals surface area contributed by atoms with E-state index in [0.717, 1.165) is 4.90 Å². The number of hydrogen-bond donors (Lipinski definition) is 1. The van der Waals surface area contributed by atoms with Crippen LogP contribution in [-0.4, -0.2) is 48.2 Å². The summed E-state index contributed by atoms with van der Waals surface area (Å²) in [6.07, 6.45) is -5.15. The van der Waals surface area contributed by atoms with Crippen molar-refractivity contribution in [3.63, 3.8) is 0 Å². The second-order valence-electron chi connectivity index (χ2n) is 3.40. The number of alkyl halides is 3. The molecule has 88 valence electrons. The van der Waals surface area contributed by atoms with Gasteiger partial charge in [-0.05, 0) is 0 Å². The zero-order chi connectivity index (χ0) is 11.5. The zero-order valence-corrected chi connectivity index (χ0v) is 9.12. The number of nitrogens with one attached hydrogen (secondary N) is 1. The van der Waals surface area contributed by atoms with Crippen molar-refractivity contribution in [2.24, 2.45) is 0 Å². The molecule has 1 N–H and O–H groups in total. The van der Waals surface area contributed by atoms with Gasteiger partial charge in [0.2, 0.25) is 5.91 Å². The van der Waals surface area contributed by atoms with Crippen molar-refractivity contribution < 1.29 is 18.0 Å². The van der Waals surface area contributed by atoms with E-state index in [-0.39, 0.29) is 18.5 Å². The number of amides is 1. The summed E-state index contributed by atoms with van der Waals surface area (Å²) in [5.41, 5.74) is 0. The van der Waals surface area contributed by atoms with Crippen molar-refractivity contribution in [1.29, 1.82) is 0 Å². The van der Waals surface area contributed by atoms with Crippen molar-refractivity contribution in [3.05, 3.63) is 0 Å². The fourth-order valence-corrected chi connectivity index (χ4v) is 2.16. The van der Waals surface area contributed by atoms with E-state index in [4.69, 9.17) is 0 Å². The normalized spacial score (nSPS) is 21.7. The molecule has 0 aliphatic carbocycles. The van der Waals surface area contributed by atoms with Crippen LogP contribution in [0.15, 0.2) is 0 Å². The third-order valence-electron chi connectivity index (χ3n) is 2.12. The third-order valence-corrected chi connectivity index (χ3v) is 3.06. The molecular weight excluding hydrogens is 229 g/mol. The monoisotopic (exact) mass is 242 g/mol. The summed E-state index contributed by atoms with van der Waals surface area (Å²) in [6, 6.07) is -0.326. The Balaban J connectivity index is 2.32. The first-order valence-electron chi connectivity index (χ1n) is 4.53. The van der Waals surface area contributed by atoms with Gasteiger partial charge in [0.1, 0.15) is 0 Å². The highest BCUT2D eigenvalue weighted by Crippen LogP contribution is 2.20. The molecule has 0 saturated carbocycles. The number of rotatable bonds is 3. The van der Waals surface area contributed by atoms with Gasteiger partial charge >= 0.3 is 6.18 Å². The van der Waals surface area contributed by atoms with Gasteiger partial charge in [-0.25, -0.2) is 0 Å². The van der Waals surface area contributed by atoms with Gasteiger partial charge in [-0.3, -0.25) is 10.1 Å². The molecule has 1 aliphatic rings. The minimum Gasteiger partial charge on any atom is -0.344 e. The molecule has 0 spiro atoms. The van der Waals surface area contributed by atoms with Crippen molar-refractivity contribution in [3.8, 4) is 0 Å². The zero-order valence-electron chi connectivity index (χ0n) is 8.30. The largest absolute Gasteiger partial charge is 0.390 e. The average Bonchev–Trinajstić information content (AvgIpc) is 2.64. The summed E-state index contributed by atoms with van der Waals surface area (Å²) in [7, 11) is 1.40. The number of likely N-dealkylation sites (N-methyl/N-ethyl adjacent to an activating group) is 1. The molecule has 1 heterocycles. The molecule has 1 saturated heterocycles. The Hall–Kier alpha value is -0.430. The van der Waals surface area contributed by atoms with E-state index in [1.807, 2.05) is 0 Å². The molecule has 7 heteroatoms. The lowest BCUT2D eigenvalue weighted by Crippen LogP contribution is -2.44. The van der Waals surface area contributed by atoms with E-state index >= 15 is 0 Å². The second-order valence-corrected chi connectivity index (χ2v) is 4.43. The summed E-state index contributed by atoms with van der Waals surface area (Å²) < 4.78 is 35.7. The molecule has 1 amide bonds. The summed E-state index contributed by atoms with van der Waals surface area (Å²) in [5, 5.41) is 2.92. The highest BCUT2D eigenvalue weighted by molar-refractivity contribution is 7.99. The van der Waals surface area contributed by atoms with Crippen LogP contribution >= 0.6 is 11.8 Å². The van der Waals surface area contributed by atoms with Crippen LogP contribution in [0.3, 0.4) is 0 Å². The summed E-state index contributed by atoms with van der Waals surface area (Å²) in [4.78, 5) is 12.7. The lowest BCUT2D eigenvalue weighted by molar-refractivity contribution is -0.144. The predicted molar refractivity (Wildman–Crippen MR) is 52.6 cm³/mol. The maximum Gasteiger partial charge on any atom is 0.390 e. The molecule has 1 atom stereocenters. The molecule has 0 radical (unpaired) electrons. The molecular formula is C8H13F3N2OS. The first kappa shape index (κ1) is 12.6. The predicted octanol–water partition coefficient (Wildman–Crippen LogP) is 1.06. The lowest BCUT2D eigenvalue weighted by Gasteiger charge is -2.21. The number of hydrogen-bond acceptors (Lipinski definition) is 3. The topological polar surface area (TPSA) is 32.3 Å². The van der Waals surface area contributed by atoms with Crippen molar-refractivity contribution in [2.45, 2.75) is 18.6 Å². The molecule has 1 aliphatic heterocycles. The minimum absolute atomic E-state index is 0.260. The maximum atomic E-state index is 11.9. The van der Waals surface area contributed by atoms with Crippen LogP contribution in [0, 0.1) is 0 Å². The Morgan fingerprint density at radius 1 is 1.60 bits per heavy atom. The van der Waals surface area contributed by atoms with E-state index in [1.54, 1.807) is 11.8 Å². The highest BCUT2D eigenvalue weighted by atomic mass is 32.2. The number of thioether (sulfide) groups is 1. The molecule has 0 aromatic carbocycles. The summed E-state index contributed by atoms with van der Waals surface area (Å²) in [6.45, 7) is -0.273. The minimum atomic E-state index is -4.20. The molecule has 3 nitrogen and oxygen atoms in total. The lowest BCUT2D eigenvalue weighted by atomic mass is 10.3. The first-order chi connectivity index (χ1) is 6.90. The van der Waals surface area contributed by atoms with E-state index in [0.29, 0.717) is 11.6 Å². The van der Waals surface area contributed by atoms with Gasteiger partial charge in [0.15, 0.2) is 0 Å². The highest BCUT2D eigenvalue weighted by Gasteiger charge is 2.30. The number of carbonyl (C=O) groups excluding carboxylic acids is 1. The third kappa shape index (κ3) is 4.29. The van der Waals surface area contributed by atoms with Gasteiger partial charge < -0.3 is 4.90 Å². The van der Waals surface area contributed by atoms with Crippen molar-refractivity contribution >= 4 is 17.7 Å². The van der Waals surface area contributed by atoms with E-state index in [1.165, 1.54) is 7.05 Å². The molecule has 1 rings (SSSR count). The fourth-order valence-electron chi connectivity index (χ4n) is 1.22. The van der Waals surface area contributed by atoms with Crippen LogP contribution in [0.1, 0.15) is 6.42 Å². The van der Waals surface area contributed by atoms with Gasteiger partial charge in [0, 0.05) is 25.2 Å². The van der Waals surface area contributed by atoms with Crippen LogP contribution in [0.2, 0.25) is 0 Å². The molecule has 0 aromatic rings. The first-order valence-corrected chi connectivity index (χ1v) is 5.68. The van der Waals surface area contributed by atoms with Gasteiger partial charge in [0.05, 0.1) is 12.5 Å². The second kappa shape index (κ2) is 5.07. The van der Waals surface area contributed by atoms with Crippen molar-refractivity contribution in [2.75, 3.05) is 25.2 Å². The fraction of sp³-hybridized carbons (Fsp3) is 0.875. The van der Waals surface area contributed by atoms with Crippen molar-refractivity contribution in [1.82, 2.24) is 10.2 Å². The molecule has 1 fully saturated rings. The average molecular weight is 242 g/mol. The molecule has 15 heavy (non-hydrogen) atoms. The Bertz CT molecular complexity index is 228. The number of carbonyl (C=O) groups is 1. The SMILES string of the molecule is CN(CCC(F)(F)F)C(=O)C1CSCN1. The van der Waals surface area contributed by atoms with Crippen LogP contribution in [0.4, 0.5) is 13.2 Å². The Labute approximate surface area is 90.4 Å². The molecule has 0 bridgehead atoms. The van der Waals surface area contributed by atoms with Gasteiger partial charge in [-0.2, -0.15) is 13.2 Å². The van der Waals surface area contributed by atoms with Gasteiger partial charge in [-0.15, -0.1) is 11.8 Å². The van der Waals surface area contributed by atoms with Gasteiger partial charge in [0.25, 0.3) is 0 Å². The number of nitrogens with zero attached hydrogens (tertiary/aromatic N) is 1. The van der Waals surface area contributed by atoms with Gasteiger partial charge in [-0.1, -0.05) is 0 Å². The number of halogens is 3. The van der Waals surface area contributed by atoms with Crippen LogP contribution in [0.5, 0.6) is 0 Å². The Morgan fingerprint density at radius 2 is 2.27 bits per heavy atom. The quantitative estimate of drug-likeness (QED) is 0.803. The Kier molecular flexibility index (Phi) is 4.27. The van der Waals surface area contributed by atoms with Crippen LogP contribution in [-0.2, 0) is 4.79 Å². The van der Waals surface area contributed by atoms with E-state index < -0.39 is 12.6 Å². The smallest absolute Gasteiger partial charge is 0.344 e. The molecule has 1 unspecified atom stereocenters. The molecule has 0 aromatic heterocycles. The standard InChI is InChI=1S/C8H13F3N2OS/c1-13(3-2-8(9,10)11)7(14)6-4-15-5-12-6/h6,12H,2-5H2,1H3.